The summed E-state index contributed by atoms with van der Waals surface area (Å²) in [5.41, 5.74) is 3.61. The second-order valence-corrected chi connectivity index (χ2v) is 5.02. The van der Waals surface area contributed by atoms with E-state index < -0.39 is 0 Å². The van der Waals surface area contributed by atoms with E-state index in [9.17, 15) is 0 Å². The summed E-state index contributed by atoms with van der Waals surface area (Å²) in [5.74, 6) is 1.23. The summed E-state index contributed by atoms with van der Waals surface area (Å²) in [6.07, 6.45) is 3.48. The Kier molecular flexibility index (Phi) is 4.52. The first-order chi connectivity index (χ1) is 11.3. The van der Waals surface area contributed by atoms with Crippen LogP contribution in [-0.4, -0.2) is 15.1 Å². The van der Waals surface area contributed by atoms with Gasteiger partial charge in [0, 0.05) is 23.7 Å². The average Bonchev–Trinajstić information content (AvgIpc) is 2.57. The molecule has 0 spiro atoms. The van der Waals surface area contributed by atoms with E-state index in [-0.39, 0.29) is 0 Å². The van der Waals surface area contributed by atoms with E-state index in [0.29, 0.717) is 11.6 Å². The van der Waals surface area contributed by atoms with Crippen LogP contribution in [-0.2, 0) is 0 Å². The number of hydrogen-bond acceptors (Lipinski definition) is 5. The predicted molar refractivity (Wildman–Crippen MR) is 93.4 cm³/mol. The molecule has 0 unspecified atom stereocenters. The van der Waals surface area contributed by atoms with Crippen LogP contribution in [0.3, 0.4) is 0 Å². The Hall–Kier alpha value is -2.88. The first-order valence-corrected chi connectivity index (χ1v) is 7.41. The zero-order valence-corrected chi connectivity index (χ0v) is 13.2. The Morgan fingerprint density at radius 1 is 1.04 bits per heavy atom. The third kappa shape index (κ3) is 3.66. The van der Waals surface area contributed by atoms with Gasteiger partial charge in [0.1, 0.15) is 5.75 Å². The van der Waals surface area contributed by atoms with Gasteiger partial charge in [0.05, 0.1) is 10.8 Å². The molecule has 0 fully saturated rings. The Balaban J connectivity index is 1.93. The highest BCUT2D eigenvalue weighted by Crippen LogP contribution is 2.31. The van der Waals surface area contributed by atoms with Crippen molar-refractivity contribution in [1.29, 1.82) is 0 Å². The van der Waals surface area contributed by atoms with Crippen molar-refractivity contribution in [1.82, 2.24) is 9.97 Å². The van der Waals surface area contributed by atoms with Gasteiger partial charge in [0.15, 0.2) is 0 Å². The van der Waals surface area contributed by atoms with Crippen LogP contribution in [0.5, 0.6) is 11.6 Å². The van der Waals surface area contributed by atoms with Crippen LogP contribution in [0.1, 0.15) is 5.69 Å². The molecule has 2 heterocycles. The molecule has 0 atom stereocenters. The van der Waals surface area contributed by atoms with Gasteiger partial charge in [-0.05, 0) is 73.2 Å². The molecular formula is C18H13N3OS. The van der Waals surface area contributed by atoms with Crippen molar-refractivity contribution in [2.45, 2.75) is 6.92 Å². The molecule has 0 amide bonds. The first kappa shape index (κ1) is 15.0. The van der Waals surface area contributed by atoms with Crippen LogP contribution in [0.15, 0.2) is 65.9 Å². The molecule has 4 nitrogen and oxygen atoms in total. The van der Waals surface area contributed by atoms with E-state index in [4.69, 9.17) is 4.74 Å². The van der Waals surface area contributed by atoms with Gasteiger partial charge >= 0.3 is 0 Å². The fourth-order valence-corrected chi connectivity index (χ4v) is 2.26. The Labute approximate surface area is 139 Å². The maximum Gasteiger partial charge on any atom is 0.227 e. The highest BCUT2D eigenvalue weighted by molar-refractivity contribution is 7.78. The Bertz CT molecular complexity index is 871. The van der Waals surface area contributed by atoms with E-state index in [2.05, 4.69) is 32.3 Å². The van der Waals surface area contributed by atoms with Crippen LogP contribution in [0.4, 0.5) is 5.69 Å². The fourth-order valence-electron chi connectivity index (χ4n) is 2.16. The van der Waals surface area contributed by atoms with E-state index in [0.717, 1.165) is 22.5 Å². The predicted octanol–water partition coefficient (Wildman–Crippen LogP) is 4.98. The number of benzene rings is 1. The van der Waals surface area contributed by atoms with Gasteiger partial charge in [-0.2, -0.15) is 4.99 Å². The van der Waals surface area contributed by atoms with Gasteiger partial charge in [-0.25, -0.2) is 4.98 Å². The normalized spacial score (nSPS) is 9.96. The molecule has 0 saturated heterocycles. The summed E-state index contributed by atoms with van der Waals surface area (Å²) in [6.45, 7) is 1.95. The monoisotopic (exact) mass is 319 g/mol. The number of nitrogens with zero attached hydrogens (tertiary/aromatic N) is 3. The van der Waals surface area contributed by atoms with Crippen molar-refractivity contribution >= 4 is 23.1 Å². The third-order valence-corrected chi connectivity index (χ3v) is 3.30. The summed E-state index contributed by atoms with van der Waals surface area (Å²) in [4.78, 5) is 12.5. The van der Waals surface area contributed by atoms with Crippen LogP contribution < -0.4 is 4.74 Å². The summed E-state index contributed by atoms with van der Waals surface area (Å²) in [7, 11) is 0. The standard InChI is InChI=1S/C18H13N3OS/c1-13-11-14(8-10-19-13)17-3-2-9-20-18(17)22-16-6-4-15(5-7-16)21-12-23/h2-11H,1H3. The largest absolute Gasteiger partial charge is 0.438 e. The zero-order chi connectivity index (χ0) is 16.1. The minimum Gasteiger partial charge on any atom is -0.438 e. The molecule has 2 aromatic heterocycles. The summed E-state index contributed by atoms with van der Waals surface area (Å²) < 4.78 is 5.92. The lowest BCUT2D eigenvalue weighted by molar-refractivity contribution is 0.465. The molecule has 3 aromatic rings. The molecule has 1 aromatic carbocycles. The van der Waals surface area contributed by atoms with Crippen molar-refractivity contribution in [2.24, 2.45) is 4.99 Å². The lowest BCUT2D eigenvalue weighted by Gasteiger charge is -2.10. The molecular weight excluding hydrogens is 306 g/mol. The SMILES string of the molecule is Cc1cc(-c2cccnc2Oc2ccc(N=C=S)cc2)ccn1. The number of isothiocyanates is 1. The second kappa shape index (κ2) is 6.92. The maximum absolute atomic E-state index is 5.92. The highest BCUT2D eigenvalue weighted by Gasteiger charge is 2.09. The fraction of sp³-hybridized carbons (Fsp3) is 0.0556. The molecule has 0 bridgehead atoms. The van der Waals surface area contributed by atoms with Crippen molar-refractivity contribution in [2.75, 3.05) is 0 Å². The van der Waals surface area contributed by atoms with Crippen molar-refractivity contribution in [3.63, 3.8) is 0 Å². The number of hydrogen-bond donors (Lipinski definition) is 0. The number of thiocarbonyl (C=S) groups is 1. The molecule has 0 aliphatic heterocycles. The number of rotatable bonds is 4. The average molecular weight is 319 g/mol. The smallest absolute Gasteiger partial charge is 0.227 e. The lowest BCUT2D eigenvalue weighted by atomic mass is 10.1. The minimum absolute atomic E-state index is 0.546. The molecule has 0 aliphatic rings. The molecule has 0 saturated carbocycles. The topological polar surface area (TPSA) is 47.4 Å². The molecule has 23 heavy (non-hydrogen) atoms. The highest BCUT2D eigenvalue weighted by atomic mass is 32.1. The van der Waals surface area contributed by atoms with Gasteiger partial charge < -0.3 is 4.74 Å². The van der Waals surface area contributed by atoms with Crippen LogP contribution >= 0.6 is 12.2 Å². The minimum atomic E-state index is 0.546. The van der Waals surface area contributed by atoms with Gasteiger partial charge in [-0.1, -0.05) is 0 Å². The van der Waals surface area contributed by atoms with Gasteiger partial charge in [0.25, 0.3) is 0 Å². The Morgan fingerprint density at radius 3 is 2.61 bits per heavy atom. The van der Waals surface area contributed by atoms with E-state index in [1.165, 1.54) is 0 Å². The van der Waals surface area contributed by atoms with Gasteiger partial charge in [0.2, 0.25) is 5.88 Å². The lowest BCUT2D eigenvalue weighted by Crippen LogP contribution is -1.92. The van der Waals surface area contributed by atoms with Crippen LogP contribution in [0.25, 0.3) is 11.1 Å². The molecule has 5 heteroatoms. The third-order valence-electron chi connectivity index (χ3n) is 3.20. The van der Waals surface area contributed by atoms with Crippen LogP contribution in [0, 0.1) is 6.92 Å². The molecule has 0 N–H and O–H groups in total. The zero-order valence-electron chi connectivity index (χ0n) is 12.4. The maximum atomic E-state index is 5.92. The van der Waals surface area contributed by atoms with Crippen LogP contribution in [0.2, 0.25) is 0 Å². The number of aliphatic imine (C=N–C) groups is 1. The molecule has 112 valence electrons. The Morgan fingerprint density at radius 2 is 1.87 bits per heavy atom. The number of ether oxygens (including phenoxy) is 1. The first-order valence-electron chi connectivity index (χ1n) is 7.00. The van der Waals surface area contributed by atoms with Gasteiger partial charge in [-0.15, -0.1) is 0 Å². The summed E-state index contributed by atoms with van der Waals surface area (Å²) in [6, 6.07) is 15.1. The summed E-state index contributed by atoms with van der Waals surface area (Å²) in [5, 5.41) is 2.34. The van der Waals surface area contributed by atoms with E-state index in [1.54, 1.807) is 12.4 Å². The van der Waals surface area contributed by atoms with Crippen molar-refractivity contribution in [3.05, 3.63) is 66.6 Å². The second-order valence-electron chi connectivity index (χ2n) is 4.84. The number of aromatic nitrogens is 2. The molecule has 3 rings (SSSR count). The summed E-state index contributed by atoms with van der Waals surface area (Å²) >= 11 is 4.59. The van der Waals surface area contributed by atoms with Crippen molar-refractivity contribution < 1.29 is 4.74 Å². The van der Waals surface area contributed by atoms with Gasteiger partial charge in [-0.3, -0.25) is 4.98 Å². The van der Waals surface area contributed by atoms with E-state index >= 15 is 0 Å². The number of pyridine rings is 2. The number of aryl methyl sites for hydroxylation is 1. The quantitative estimate of drug-likeness (QED) is 0.503. The van der Waals surface area contributed by atoms with E-state index in [1.807, 2.05) is 55.5 Å². The van der Waals surface area contributed by atoms with Crippen molar-refractivity contribution in [3.8, 4) is 22.8 Å². The molecule has 0 radical (unpaired) electrons. The molecule has 0 aliphatic carbocycles.